The Morgan fingerprint density at radius 1 is 1.38 bits per heavy atom. The summed E-state index contributed by atoms with van der Waals surface area (Å²) < 4.78 is 0. The third kappa shape index (κ3) is 2.41. The van der Waals surface area contributed by atoms with Crippen molar-refractivity contribution < 1.29 is 14.5 Å². The Morgan fingerprint density at radius 2 is 2.04 bits per heavy atom. The number of carbonyl (C=O) groups is 2. The molecule has 8 nitrogen and oxygen atoms in total. The molecule has 24 heavy (non-hydrogen) atoms. The molecule has 0 unspecified atom stereocenters. The summed E-state index contributed by atoms with van der Waals surface area (Å²) in [6.45, 7) is 4.37. The number of likely N-dealkylation sites (N-methyl/N-ethyl adjacent to an activating group) is 1. The molecule has 1 atom stereocenters. The van der Waals surface area contributed by atoms with Gasteiger partial charge in [0.05, 0.1) is 28.8 Å². The van der Waals surface area contributed by atoms with Crippen LogP contribution in [0.15, 0.2) is 48.2 Å². The van der Waals surface area contributed by atoms with Crippen LogP contribution in [0.3, 0.4) is 0 Å². The van der Waals surface area contributed by atoms with Gasteiger partial charge < -0.3 is 10.2 Å². The van der Waals surface area contributed by atoms with Crippen LogP contribution in [0.2, 0.25) is 0 Å². The summed E-state index contributed by atoms with van der Waals surface area (Å²) >= 11 is 0. The predicted octanol–water partition coefficient (Wildman–Crippen LogP) is 1.57. The van der Waals surface area contributed by atoms with Gasteiger partial charge in [0.15, 0.2) is 0 Å². The van der Waals surface area contributed by atoms with Gasteiger partial charge in [-0.15, -0.1) is 6.58 Å². The molecule has 0 saturated carbocycles. The zero-order chi connectivity index (χ0) is 17.4. The summed E-state index contributed by atoms with van der Waals surface area (Å²) in [5.74, 6) is -0.167. The van der Waals surface area contributed by atoms with E-state index in [1.165, 1.54) is 17.0 Å². The Hall–Kier alpha value is -3.16. The molecule has 0 aliphatic carbocycles. The van der Waals surface area contributed by atoms with E-state index in [9.17, 15) is 19.7 Å². The summed E-state index contributed by atoms with van der Waals surface area (Å²) in [7, 11) is 1.61. The minimum absolute atomic E-state index is 0.0433. The maximum absolute atomic E-state index is 12.7. The van der Waals surface area contributed by atoms with E-state index >= 15 is 0 Å². The van der Waals surface area contributed by atoms with E-state index in [2.05, 4.69) is 11.9 Å². The fraction of sp³-hybridized carbons (Fsp3) is 0.250. The standard InChI is InChI=1S/C16H16N4O4/c1-3-8-19-9-12-13(15(19)21)14(17-16(22)18(12)2)10-4-6-11(7-5-10)20(23)24/h3-7,14H,1,8-9H2,2H3,(H,17,22)/t14-/m1/s1. The summed E-state index contributed by atoms with van der Waals surface area (Å²) in [4.78, 5) is 38.2. The molecule has 1 aromatic carbocycles. The van der Waals surface area contributed by atoms with Crippen LogP contribution in [0.25, 0.3) is 0 Å². The van der Waals surface area contributed by atoms with Gasteiger partial charge in [0, 0.05) is 25.7 Å². The maximum Gasteiger partial charge on any atom is 0.322 e. The van der Waals surface area contributed by atoms with Crippen LogP contribution in [-0.4, -0.2) is 46.8 Å². The number of nitrogens with one attached hydrogen (secondary N) is 1. The minimum Gasteiger partial charge on any atom is -0.329 e. The van der Waals surface area contributed by atoms with Crippen molar-refractivity contribution in [3.05, 3.63) is 63.9 Å². The lowest BCUT2D eigenvalue weighted by Gasteiger charge is -2.31. The van der Waals surface area contributed by atoms with Gasteiger partial charge in [-0.05, 0) is 17.7 Å². The molecule has 0 saturated heterocycles. The van der Waals surface area contributed by atoms with Crippen molar-refractivity contribution in [2.45, 2.75) is 6.04 Å². The highest BCUT2D eigenvalue weighted by Crippen LogP contribution is 2.35. The van der Waals surface area contributed by atoms with Crippen molar-refractivity contribution in [3.8, 4) is 0 Å². The largest absolute Gasteiger partial charge is 0.329 e. The number of carbonyl (C=O) groups excluding carboxylic acids is 2. The van der Waals surface area contributed by atoms with Crippen molar-refractivity contribution in [1.29, 1.82) is 0 Å². The van der Waals surface area contributed by atoms with E-state index in [0.717, 1.165) is 0 Å². The number of rotatable bonds is 4. The number of urea groups is 1. The number of non-ortho nitro benzene ring substituents is 1. The van der Waals surface area contributed by atoms with Crippen LogP contribution in [0, 0.1) is 10.1 Å². The average Bonchev–Trinajstić information content (AvgIpc) is 2.89. The summed E-state index contributed by atoms with van der Waals surface area (Å²) in [6, 6.07) is 4.91. The fourth-order valence-corrected chi connectivity index (χ4v) is 2.97. The summed E-state index contributed by atoms with van der Waals surface area (Å²) in [5, 5.41) is 13.6. The lowest BCUT2D eigenvalue weighted by Crippen LogP contribution is -2.45. The number of benzene rings is 1. The number of hydrogen-bond donors (Lipinski definition) is 1. The smallest absolute Gasteiger partial charge is 0.322 e. The molecule has 0 bridgehead atoms. The lowest BCUT2D eigenvalue weighted by molar-refractivity contribution is -0.384. The first kappa shape index (κ1) is 15.7. The van der Waals surface area contributed by atoms with E-state index in [1.54, 1.807) is 30.2 Å². The first-order chi connectivity index (χ1) is 11.4. The number of hydrogen-bond acceptors (Lipinski definition) is 4. The van der Waals surface area contributed by atoms with Crippen LogP contribution < -0.4 is 5.32 Å². The van der Waals surface area contributed by atoms with Gasteiger partial charge in [-0.1, -0.05) is 6.08 Å². The third-order valence-electron chi connectivity index (χ3n) is 4.22. The highest BCUT2D eigenvalue weighted by molar-refractivity contribution is 6.01. The van der Waals surface area contributed by atoms with Crippen molar-refractivity contribution in [2.24, 2.45) is 0 Å². The van der Waals surface area contributed by atoms with Gasteiger partial charge in [-0.3, -0.25) is 19.8 Å². The second kappa shape index (κ2) is 5.80. The molecule has 8 heteroatoms. The van der Waals surface area contributed by atoms with Gasteiger partial charge in [0.2, 0.25) is 0 Å². The van der Waals surface area contributed by atoms with Crippen molar-refractivity contribution in [2.75, 3.05) is 20.1 Å². The normalized spacial score (nSPS) is 20.1. The second-order valence-corrected chi connectivity index (χ2v) is 5.62. The Morgan fingerprint density at radius 3 is 2.62 bits per heavy atom. The molecule has 3 amide bonds. The number of nitro benzene ring substituents is 1. The van der Waals surface area contributed by atoms with E-state index in [1.807, 2.05) is 0 Å². The third-order valence-corrected chi connectivity index (χ3v) is 4.22. The fourth-order valence-electron chi connectivity index (χ4n) is 2.97. The molecular weight excluding hydrogens is 312 g/mol. The zero-order valence-electron chi connectivity index (χ0n) is 13.1. The second-order valence-electron chi connectivity index (χ2n) is 5.62. The monoisotopic (exact) mass is 328 g/mol. The molecule has 1 N–H and O–H groups in total. The number of amides is 3. The molecule has 2 heterocycles. The van der Waals surface area contributed by atoms with Crippen molar-refractivity contribution >= 4 is 17.6 Å². The van der Waals surface area contributed by atoms with Gasteiger partial charge in [0.25, 0.3) is 11.6 Å². The Bertz CT molecular complexity index is 769. The van der Waals surface area contributed by atoms with E-state index in [-0.39, 0.29) is 17.6 Å². The molecule has 2 aliphatic heterocycles. The molecule has 2 aliphatic rings. The number of nitro groups is 1. The van der Waals surface area contributed by atoms with Crippen LogP contribution in [-0.2, 0) is 4.79 Å². The Kier molecular flexibility index (Phi) is 3.80. The first-order valence-corrected chi connectivity index (χ1v) is 7.35. The highest BCUT2D eigenvalue weighted by Gasteiger charge is 2.42. The quantitative estimate of drug-likeness (QED) is 0.515. The molecule has 0 radical (unpaired) electrons. The van der Waals surface area contributed by atoms with Crippen LogP contribution in [0.1, 0.15) is 11.6 Å². The van der Waals surface area contributed by atoms with Crippen molar-refractivity contribution in [1.82, 2.24) is 15.1 Å². The lowest BCUT2D eigenvalue weighted by atomic mass is 9.95. The minimum atomic E-state index is -0.619. The SMILES string of the molecule is C=CCN1CC2=C(C1=O)[C@@H](c1ccc([N+](=O)[O-])cc1)NC(=O)N2C. The van der Waals surface area contributed by atoms with Crippen LogP contribution >= 0.6 is 0 Å². The molecule has 1 aromatic rings. The summed E-state index contributed by atoms with van der Waals surface area (Å²) in [5.41, 5.74) is 1.73. The zero-order valence-corrected chi connectivity index (χ0v) is 13.1. The topological polar surface area (TPSA) is 95.8 Å². The predicted molar refractivity (Wildman–Crippen MR) is 85.9 cm³/mol. The van der Waals surface area contributed by atoms with Crippen LogP contribution in [0.5, 0.6) is 0 Å². The van der Waals surface area contributed by atoms with Gasteiger partial charge in [-0.25, -0.2) is 4.79 Å². The Balaban J connectivity index is 2.00. The first-order valence-electron chi connectivity index (χ1n) is 7.35. The average molecular weight is 328 g/mol. The molecule has 124 valence electrons. The van der Waals surface area contributed by atoms with E-state index < -0.39 is 11.0 Å². The molecule has 0 spiro atoms. The molecule has 0 fully saturated rings. The number of nitrogens with zero attached hydrogens (tertiary/aromatic N) is 3. The highest BCUT2D eigenvalue weighted by atomic mass is 16.6. The van der Waals surface area contributed by atoms with Crippen LogP contribution in [0.4, 0.5) is 10.5 Å². The Labute approximate surface area is 138 Å². The van der Waals surface area contributed by atoms with Gasteiger partial charge in [0.1, 0.15) is 0 Å². The molecular formula is C16H16N4O4. The van der Waals surface area contributed by atoms with Gasteiger partial charge in [-0.2, -0.15) is 0 Å². The van der Waals surface area contributed by atoms with E-state index in [4.69, 9.17) is 0 Å². The summed E-state index contributed by atoms with van der Waals surface area (Å²) in [6.07, 6.45) is 1.63. The molecule has 0 aromatic heterocycles. The van der Waals surface area contributed by atoms with Gasteiger partial charge >= 0.3 is 6.03 Å². The maximum atomic E-state index is 12.7. The van der Waals surface area contributed by atoms with Crippen molar-refractivity contribution in [3.63, 3.8) is 0 Å². The van der Waals surface area contributed by atoms with E-state index in [0.29, 0.717) is 29.9 Å². The molecule has 3 rings (SSSR count).